The van der Waals surface area contributed by atoms with Gasteiger partial charge >= 0.3 is 6.18 Å². The Hall–Kier alpha value is -0.730. The van der Waals surface area contributed by atoms with Crippen LogP contribution in [0.25, 0.3) is 0 Å². The molecule has 0 radical (unpaired) electrons. The summed E-state index contributed by atoms with van der Waals surface area (Å²) in [6, 6.07) is 0. The van der Waals surface area contributed by atoms with Crippen LogP contribution < -0.4 is 0 Å². The van der Waals surface area contributed by atoms with E-state index in [1.54, 1.807) is 0 Å². The average Bonchev–Trinajstić information content (AvgIpc) is 2.27. The number of aliphatic hydroxyl groups is 2. The maximum Gasteiger partial charge on any atom is 0.451 e. The molecule has 8 heteroatoms. The molecule has 96 valence electrons. The monoisotopic (exact) mass is 314 g/mol. The molecule has 1 aromatic heterocycles. The van der Waals surface area contributed by atoms with E-state index in [4.69, 9.17) is 0 Å². The number of hydrogen-bond acceptors (Lipinski definition) is 4. The lowest BCUT2D eigenvalue weighted by atomic mass is 10.1. The maximum atomic E-state index is 12.2. The highest BCUT2D eigenvalue weighted by atomic mass is 79.9. The van der Waals surface area contributed by atoms with Crippen molar-refractivity contribution in [2.75, 3.05) is 5.33 Å². The second-order valence-corrected chi connectivity index (χ2v) is 4.12. The summed E-state index contributed by atoms with van der Waals surface area (Å²) in [5, 5.41) is 19.5. The van der Waals surface area contributed by atoms with Crippen LogP contribution in [0.5, 0.6) is 0 Å². The number of aliphatic hydroxyl groups excluding tert-OH is 2. The SMILES string of the molecule is OC(CCBr)C(O)c1cnc(C(F)(F)F)nc1. The van der Waals surface area contributed by atoms with E-state index in [2.05, 4.69) is 25.9 Å². The van der Waals surface area contributed by atoms with Crippen molar-refractivity contribution in [3.63, 3.8) is 0 Å². The molecule has 1 heterocycles. The van der Waals surface area contributed by atoms with E-state index in [0.29, 0.717) is 5.33 Å². The van der Waals surface area contributed by atoms with Gasteiger partial charge in [0, 0.05) is 23.3 Å². The van der Waals surface area contributed by atoms with Gasteiger partial charge in [0.15, 0.2) is 0 Å². The molecule has 0 spiro atoms. The van der Waals surface area contributed by atoms with E-state index in [9.17, 15) is 23.4 Å². The number of rotatable bonds is 4. The van der Waals surface area contributed by atoms with Crippen LogP contribution in [0, 0.1) is 0 Å². The van der Waals surface area contributed by atoms with Crippen LogP contribution in [0.4, 0.5) is 13.2 Å². The third-order valence-corrected chi connectivity index (χ3v) is 2.49. The molecule has 0 aliphatic carbocycles. The first-order chi connectivity index (χ1) is 7.86. The molecule has 0 bridgehead atoms. The van der Waals surface area contributed by atoms with Crippen molar-refractivity contribution in [3.05, 3.63) is 23.8 Å². The van der Waals surface area contributed by atoms with Crippen molar-refractivity contribution in [3.8, 4) is 0 Å². The summed E-state index contributed by atoms with van der Waals surface area (Å²) >= 11 is 3.08. The van der Waals surface area contributed by atoms with Crippen molar-refractivity contribution in [2.24, 2.45) is 0 Å². The highest BCUT2D eigenvalue weighted by Gasteiger charge is 2.34. The van der Waals surface area contributed by atoms with Crippen LogP contribution in [-0.2, 0) is 6.18 Å². The lowest BCUT2D eigenvalue weighted by Gasteiger charge is -2.16. The second-order valence-electron chi connectivity index (χ2n) is 3.33. The van der Waals surface area contributed by atoms with Gasteiger partial charge in [0.2, 0.25) is 5.82 Å². The zero-order valence-corrected chi connectivity index (χ0v) is 10.1. The highest BCUT2D eigenvalue weighted by molar-refractivity contribution is 9.09. The van der Waals surface area contributed by atoms with Crippen LogP contribution in [0.15, 0.2) is 12.4 Å². The smallest absolute Gasteiger partial charge is 0.390 e. The minimum Gasteiger partial charge on any atom is -0.390 e. The number of alkyl halides is 4. The minimum atomic E-state index is -4.61. The van der Waals surface area contributed by atoms with E-state index in [1.165, 1.54) is 0 Å². The number of aromatic nitrogens is 2. The normalized spacial score (nSPS) is 15.6. The molecule has 0 aromatic carbocycles. The van der Waals surface area contributed by atoms with Gasteiger partial charge in [-0.3, -0.25) is 0 Å². The summed E-state index contributed by atoms with van der Waals surface area (Å²) in [6.07, 6.45) is -5.00. The van der Waals surface area contributed by atoms with Gasteiger partial charge in [0.25, 0.3) is 0 Å². The Labute approximate surface area is 104 Å². The Bertz CT molecular complexity index is 358. The first-order valence-corrected chi connectivity index (χ1v) is 5.79. The van der Waals surface area contributed by atoms with E-state index < -0.39 is 24.2 Å². The molecule has 2 N–H and O–H groups in total. The Morgan fingerprint density at radius 3 is 2.18 bits per heavy atom. The standard InChI is InChI=1S/C9H10BrF3N2O2/c10-2-1-6(16)7(17)5-3-14-8(15-4-5)9(11,12)13/h3-4,6-7,16-17H,1-2H2. The summed E-state index contributed by atoms with van der Waals surface area (Å²) in [6.45, 7) is 0. The van der Waals surface area contributed by atoms with Crippen LogP contribution in [0.1, 0.15) is 23.9 Å². The van der Waals surface area contributed by atoms with E-state index >= 15 is 0 Å². The summed E-state index contributed by atoms with van der Waals surface area (Å²) in [5.41, 5.74) is 0.0476. The molecule has 4 nitrogen and oxygen atoms in total. The predicted molar refractivity (Wildman–Crippen MR) is 56.4 cm³/mol. The molecule has 2 atom stereocenters. The van der Waals surface area contributed by atoms with Gasteiger partial charge in [-0.15, -0.1) is 0 Å². The van der Waals surface area contributed by atoms with E-state index in [1.807, 2.05) is 0 Å². The van der Waals surface area contributed by atoms with Crippen LogP contribution >= 0.6 is 15.9 Å². The van der Waals surface area contributed by atoms with Crippen LogP contribution in [0.3, 0.4) is 0 Å². The molecule has 0 fully saturated rings. The fraction of sp³-hybridized carbons (Fsp3) is 0.556. The predicted octanol–water partition coefficient (Wildman–Crippen LogP) is 1.67. The molecule has 1 aromatic rings. The van der Waals surface area contributed by atoms with E-state index in [-0.39, 0.29) is 12.0 Å². The third kappa shape index (κ3) is 3.90. The molecule has 0 aliphatic rings. The topological polar surface area (TPSA) is 66.2 Å². The summed E-state index contributed by atoms with van der Waals surface area (Å²) < 4.78 is 36.5. The summed E-state index contributed by atoms with van der Waals surface area (Å²) in [4.78, 5) is 6.19. The van der Waals surface area contributed by atoms with Crippen molar-refractivity contribution in [1.29, 1.82) is 0 Å². The number of halogens is 4. The van der Waals surface area contributed by atoms with Gasteiger partial charge in [-0.25, -0.2) is 9.97 Å². The van der Waals surface area contributed by atoms with Crippen LogP contribution in [-0.4, -0.2) is 31.6 Å². The molecular formula is C9H10BrF3N2O2. The first kappa shape index (κ1) is 14.3. The largest absolute Gasteiger partial charge is 0.451 e. The van der Waals surface area contributed by atoms with Crippen molar-refractivity contribution in [2.45, 2.75) is 24.8 Å². The minimum absolute atomic E-state index is 0.0476. The van der Waals surface area contributed by atoms with Gasteiger partial charge in [-0.05, 0) is 6.42 Å². The summed E-state index contributed by atoms with van der Waals surface area (Å²) in [7, 11) is 0. The summed E-state index contributed by atoms with van der Waals surface area (Å²) in [5.74, 6) is -1.27. The van der Waals surface area contributed by atoms with Gasteiger partial charge in [0.1, 0.15) is 6.10 Å². The molecule has 0 saturated heterocycles. The quantitative estimate of drug-likeness (QED) is 0.830. The maximum absolute atomic E-state index is 12.2. The lowest BCUT2D eigenvalue weighted by molar-refractivity contribution is -0.145. The molecule has 2 unspecified atom stereocenters. The van der Waals surface area contributed by atoms with E-state index in [0.717, 1.165) is 12.4 Å². The van der Waals surface area contributed by atoms with Gasteiger partial charge in [-0.2, -0.15) is 13.2 Å². The molecule has 1 rings (SSSR count). The van der Waals surface area contributed by atoms with Gasteiger partial charge in [-0.1, -0.05) is 15.9 Å². The van der Waals surface area contributed by atoms with Crippen molar-refractivity contribution >= 4 is 15.9 Å². The Kier molecular flexibility index (Phi) is 4.84. The fourth-order valence-electron chi connectivity index (χ4n) is 1.13. The zero-order chi connectivity index (χ0) is 13.1. The Morgan fingerprint density at radius 1 is 1.24 bits per heavy atom. The lowest BCUT2D eigenvalue weighted by Crippen LogP contribution is -2.20. The molecule has 17 heavy (non-hydrogen) atoms. The molecule has 0 saturated carbocycles. The first-order valence-electron chi connectivity index (χ1n) is 4.67. The Morgan fingerprint density at radius 2 is 1.76 bits per heavy atom. The third-order valence-electron chi connectivity index (χ3n) is 2.04. The molecular weight excluding hydrogens is 305 g/mol. The van der Waals surface area contributed by atoms with Crippen LogP contribution in [0.2, 0.25) is 0 Å². The van der Waals surface area contributed by atoms with Gasteiger partial charge in [0.05, 0.1) is 6.10 Å². The van der Waals surface area contributed by atoms with Gasteiger partial charge < -0.3 is 10.2 Å². The van der Waals surface area contributed by atoms with Crippen molar-refractivity contribution in [1.82, 2.24) is 9.97 Å². The molecule has 0 amide bonds. The number of nitrogens with zero attached hydrogens (tertiary/aromatic N) is 2. The second kappa shape index (κ2) is 5.74. The van der Waals surface area contributed by atoms with Crippen molar-refractivity contribution < 1.29 is 23.4 Å². The fourth-order valence-corrected chi connectivity index (χ4v) is 1.60. The Balaban J connectivity index is 2.80. The number of hydrogen-bond donors (Lipinski definition) is 2. The highest BCUT2D eigenvalue weighted by Crippen LogP contribution is 2.26. The zero-order valence-electron chi connectivity index (χ0n) is 8.52. The molecule has 0 aliphatic heterocycles. The average molecular weight is 315 g/mol.